The number of pyridine rings is 1. The van der Waals surface area contributed by atoms with Crippen molar-refractivity contribution in [3.8, 4) is 0 Å². The Hall–Kier alpha value is -3.18. The lowest BCUT2D eigenvalue weighted by Crippen LogP contribution is -2.32. The number of ether oxygens (including phenoxy) is 1. The minimum absolute atomic E-state index is 0.247. The Balaban J connectivity index is 1.67. The van der Waals surface area contributed by atoms with Crippen molar-refractivity contribution in [2.24, 2.45) is 0 Å². The summed E-state index contributed by atoms with van der Waals surface area (Å²) in [5, 5.41) is 14.1. The van der Waals surface area contributed by atoms with E-state index in [4.69, 9.17) is 4.74 Å². The van der Waals surface area contributed by atoms with E-state index >= 15 is 0 Å². The number of carbonyl (C=O) groups is 1. The summed E-state index contributed by atoms with van der Waals surface area (Å²) >= 11 is 0. The topological polar surface area (TPSA) is 65.3 Å². The molecule has 1 N–H and O–H groups in total. The van der Waals surface area contributed by atoms with Gasteiger partial charge in [0.25, 0.3) is 5.91 Å². The molecule has 0 bridgehead atoms. The quantitative estimate of drug-likeness (QED) is 0.527. The van der Waals surface area contributed by atoms with Crippen molar-refractivity contribution in [1.29, 1.82) is 0 Å². The molecule has 0 unspecified atom stereocenters. The van der Waals surface area contributed by atoms with Gasteiger partial charge >= 0.3 is 0 Å². The summed E-state index contributed by atoms with van der Waals surface area (Å²) in [5.41, 5.74) is 2.47. The largest absolute Gasteiger partial charge is 0.619 e. The summed E-state index contributed by atoms with van der Waals surface area (Å²) in [7, 11) is 0. The first kappa shape index (κ1) is 17.6. The average Bonchev–Trinajstić information content (AvgIpc) is 2.69. The van der Waals surface area contributed by atoms with E-state index in [1.165, 1.54) is 24.5 Å². The van der Waals surface area contributed by atoms with E-state index in [9.17, 15) is 10.0 Å². The number of aromatic nitrogens is 1. The number of hydrogen-bond acceptors (Lipinski definition) is 3. The summed E-state index contributed by atoms with van der Waals surface area (Å²) in [5.74, 6) is -0.247. The number of rotatable bonds is 7. The third-order valence-corrected chi connectivity index (χ3v) is 3.97. The lowest BCUT2D eigenvalue weighted by atomic mass is 10.1. The zero-order valence-corrected chi connectivity index (χ0v) is 14.2. The Kier molecular flexibility index (Phi) is 5.96. The number of nitrogens with one attached hydrogen (secondary N) is 1. The monoisotopic (exact) mass is 348 g/mol. The smallest absolute Gasteiger partial charge is 0.252 e. The minimum Gasteiger partial charge on any atom is -0.619 e. The molecule has 132 valence electrons. The highest BCUT2D eigenvalue weighted by Crippen LogP contribution is 2.15. The predicted octanol–water partition coefficient (Wildman–Crippen LogP) is 3.01. The second kappa shape index (κ2) is 8.78. The fourth-order valence-corrected chi connectivity index (χ4v) is 2.58. The molecule has 0 aliphatic heterocycles. The zero-order valence-electron chi connectivity index (χ0n) is 14.2. The second-order valence-electron chi connectivity index (χ2n) is 5.88. The second-order valence-corrected chi connectivity index (χ2v) is 5.88. The first-order valence-corrected chi connectivity index (χ1v) is 8.38. The first-order chi connectivity index (χ1) is 12.7. The molecule has 26 heavy (non-hydrogen) atoms. The maximum absolute atomic E-state index is 12.5. The Morgan fingerprint density at radius 1 is 0.962 bits per heavy atom. The molecule has 5 nitrogen and oxygen atoms in total. The highest BCUT2D eigenvalue weighted by atomic mass is 16.5. The Morgan fingerprint density at radius 3 is 2.23 bits per heavy atom. The van der Waals surface area contributed by atoms with Crippen molar-refractivity contribution in [3.63, 3.8) is 0 Å². The Bertz CT molecular complexity index is 821. The molecule has 2 aromatic carbocycles. The van der Waals surface area contributed by atoms with E-state index in [1.54, 1.807) is 0 Å². The SMILES string of the molecule is O=C(N[C@@H](COCc1ccccc1)c1ccccc1)c1cc[n+]([O-])cc1. The van der Waals surface area contributed by atoms with Crippen LogP contribution in [0.4, 0.5) is 0 Å². The molecule has 0 fully saturated rings. The van der Waals surface area contributed by atoms with Gasteiger partial charge in [0.1, 0.15) is 0 Å². The molecular formula is C21H20N2O3. The van der Waals surface area contributed by atoms with Crippen molar-refractivity contribution in [1.82, 2.24) is 5.32 Å². The fourth-order valence-electron chi connectivity index (χ4n) is 2.58. The number of carbonyl (C=O) groups excluding carboxylic acids is 1. The summed E-state index contributed by atoms with van der Waals surface area (Å²) in [6.45, 7) is 0.820. The van der Waals surface area contributed by atoms with E-state index < -0.39 is 0 Å². The summed E-state index contributed by atoms with van der Waals surface area (Å²) < 4.78 is 6.47. The summed E-state index contributed by atoms with van der Waals surface area (Å²) in [6.07, 6.45) is 2.61. The van der Waals surface area contributed by atoms with E-state index in [1.807, 2.05) is 60.7 Å². The molecule has 3 aromatic rings. The number of amides is 1. The first-order valence-electron chi connectivity index (χ1n) is 8.38. The molecule has 0 aliphatic carbocycles. The highest BCUT2D eigenvalue weighted by molar-refractivity contribution is 5.94. The summed E-state index contributed by atoms with van der Waals surface area (Å²) in [6, 6.07) is 22.3. The number of nitrogens with zero attached hydrogens (tertiary/aromatic N) is 1. The van der Waals surface area contributed by atoms with Crippen LogP contribution < -0.4 is 10.0 Å². The van der Waals surface area contributed by atoms with Crippen LogP contribution in [0, 0.1) is 5.21 Å². The molecular weight excluding hydrogens is 328 g/mol. The number of benzene rings is 2. The maximum atomic E-state index is 12.5. The molecule has 1 atom stereocenters. The normalized spacial score (nSPS) is 11.7. The van der Waals surface area contributed by atoms with Crippen LogP contribution in [0.2, 0.25) is 0 Å². The van der Waals surface area contributed by atoms with Crippen LogP contribution >= 0.6 is 0 Å². The molecule has 1 heterocycles. The van der Waals surface area contributed by atoms with Crippen LogP contribution in [0.15, 0.2) is 85.2 Å². The molecule has 1 aromatic heterocycles. The molecule has 0 saturated carbocycles. The van der Waals surface area contributed by atoms with Crippen molar-refractivity contribution in [3.05, 3.63) is 107 Å². The van der Waals surface area contributed by atoms with Gasteiger partial charge < -0.3 is 15.3 Å². The molecule has 0 saturated heterocycles. The van der Waals surface area contributed by atoms with Gasteiger partial charge in [0.05, 0.1) is 24.8 Å². The van der Waals surface area contributed by atoms with Crippen LogP contribution in [0.5, 0.6) is 0 Å². The van der Waals surface area contributed by atoms with Crippen LogP contribution in [0.1, 0.15) is 27.5 Å². The van der Waals surface area contributed by atoms with Gasteiger partial charge in [-0.3, -0.25) is 4.79 Å². The molecule has 3 rings (SSSR count). The van der Waals surface area contributed by atoms with E-state index in [2.05, 4.69) is 5.32 Å². The van der Waals surface area contributed by atoms with Gasteiger partial charge in [-0.15, -0.1) is 0 Å². The van der Waals surface area contributed by atoms with Crippen molar-refractivity contribution >= 4 is 5.91 Å². The molecule has 0 radical (unpaired) electrons. The Labute approximate surface area is 152 Å². The van der Waals surface area contributed by atoms with Gasteiger partial charge in [-0.05, 0) is 11.1 Å². The van der Waals surface area contributed by atoms with Gasteiger partial charge in [-0.1, -0.05) is 60.7 Å². The fraction of sp³-hybridized carbons (Fsp3) is 0.143. The minimum atomic E-state index is -0.285. The third-order valence-electron chi connectivity index (χ3n) is 3.97. The van der Waals surface area contributed by atoms with Crippen molar-refractivity contribution in [2.75, 3.05) is 6.61 Å². The van der Waals surface area contributed by atoms with Gasteiger partial charge in [0.2, 0.25) is 0 Å². The van der Waals surface area contributed by atoms with E-state index in [0.717, 1.165) is 11.1 Å². The third kappa shape index (κ3) is 4.91. The highest BCUT2D eigenvalue weighted by Gasteiger charge is 2.16. The van der Waals surface area contributed by atoms with Gasteiger partial charge in [-0.25, -0.2) is 0 Å². The maximum Gasteiger partial charge on any atom is 0.252 e. The Morgan fingerprint density at radius 2 is 1.58 bits per heavy atom. The van der Waals surface area contributed by atoms with Crippen LogP contribution in [0.3, 0.4) is 0 Å². The van der Waals surface area contributed by atoms with Crippen molar-refractivity contribution in [2.45, 2.75) is 12.6 Å². The van der Waals surface area contributed by atoms with Gasteiger partial charge in [0, 0.05) is 12.1 Å². The lowest BCUT2D eigenvalue weighted by Gasteiger charge is -2.19. The van der Waals surface area contributed by atoms with E-state index in [0.29, 0.717) is 23.5 Å². The van der Waals surface area contributed by atoms with Gasteiger partial charge in [-0.2, -0.15) is 4.73 Å². The average molecular weight is 348 g/mol. The number of hydrogen-bond donors (Lipinski definition) is 1. The van der Waals surface area contributed by atoms with Gasteiger partial charge in [0.15, 0.2) is 12.4 Å². The molecule has 0 aliphatic rings. The predicted molar refractivity (Wildman–Crippen MR) is 98.1 cm³/mol. The van der Waals surface area contributed by atoms with Crippen LogP contribution in [0.25, 0.3) is 0 Å². The van der Waals surface area contributed by atoms with E-state index in [-0.39, 0.29) is 11.9 Å². The molecule has 1 amide bonds. The zero-order chi connectivity index (χ0) is 18.2. The molecule has 0 spiro atoms. The van der Waals surface area contributed by atoms with Crippen molar-refractivity contribution < 1.29 is 14.3 Å². The standard InChI is InChI=1S/C21H20N2O3/c24-21(19-11-13-23(25)14-12-19)22-20(18-9-5-2-6-10-18)16-26-15-17-7-3-1-4-8-17/h1-14,20H,15-16H2,(H,22,24)/t20-/m0/s1. The molecule has 5 heteroatoms. The summed E-state index contributed by atoms with van der Waals surface area (Å²) in [4.78, 5) is 12.5. The van der Waals surface area contributed by atoms with Crippen LogP contribution in [-0.4, -0.2) is 12.5 Å². The lowest BCUT2D eigenvalue weighted by molar-refractivity contribution is -0.605. The van der Waals surface area contributed by atoms with Crippen LogP contribution in [-0.2, 0) is 11.3 Å².